The maximum Gasteiger partial charge on any atom is 0.253 e. The Morgan fingerprint density at radius 3 is 2.13 bits per heavy atom. The van der Waals surface area contributed by atoms with Crippen molar-refractivity contribution in [3.8, 4) is 0 Å². The van der Waals surface area contributed by atoms with Crippen molar-refractivity contribution in [1.82, 2.24) is 20.4 Å². The molecular weight excluding hydrogens is 489 g/mol. The van der Waals surface area contributed by atoms with Gasteiger partial charge in [0.15, 0.2) is 5.96 Å². The molecule has 2 aromatic carbocycles. The average molecular weight is 523 g/mol. The van der Waals surface area contributed by atoms with Gasteiger partial charge in [0, 0.05) is 32.7 Å². The second kappa shape index (κ2) is 13.2. The van der Waals surface area contributed by atoms with E-state index in [1.54, 1.807) is 19.0 Å². The van der Waals surface area contributed by atoms with E-state index in [4.69, 9.17) is 4.99 Å². The second-order valence-corrected chi connectivity index (χ2v) is 7.36. The molecule has 6 nitrogen and oxygen atoms in total. The topological polar surface area (TPSA) is 60.0 Å². The molecule has 0 aliphatic heterocycles. The Kier molecular flexibility index (Phi) is 11.4. The van der Waals surface area contributed by atoms with Crippen molar-refractivity contribution in [2.75, 3.05) is 41.3 Å². The second-order valence-electron chi connectivity index (χ2n) is 7.36. The first-order valence-corrected chi connectivity index (χ1v) is 9.96. The Labute approximate surface area is 197 Å². The Bertz CT molecular complexity index is 791. The number of carbonyl (C=O) groups excluding carboxylic acids is 1. The van der Waals surface area contributed by atoms with E-state index in [0.717, 1.165) is 24.6 Å². The fourth-order valence-corrected chi connectivity index (χ4v) is 2.99. The predicted molar refractivity (Wildman–Crippen MR) is 136 cm³/mol. The van der Waals surface area contributed by atoms with Gasteiger partial charge < -0.3 is 20.4 Å². The number of rotatable bonds is 8. The third-order valence-corrected chi connectivity index (χ3v) is 4.64. The van der Waals surface area contributed by atoms with E-state index in [-0.39, 0.29) is 35.9 Å². The molecule has 30 heavy (non-hydrogen) atoms. The smallest absolute Gasteiger partial charge is 0.253 e. The van der Waals surface area contributed by atoms with E-state index in [2.05, 4.69) is 60.8 Å². The molecule has 2 N–H and O–H groups in total. The summed E-state index contributed by atoms with van der Waals surface area (Å²) in [6.07, 6.45) is 0. The van der Waals surface area contributed by atoms with E-state index < -0.39 is 0 Å². The van der Waals surface area contributed by atoms with Crippen molar-refractivity contribution >= 4 is 35.8 Å². The third kappa shape index (κ3) is 7.95. The summed E-state index contributed by atoms with van der Waals surface area (Å²) in [5.74, 6) is 0.787. The van der Waals surface area contributed by atoms with Crippen LogP contribution in [0, 0.1) is 0 Å². The minimum atomic E-state index is 0. The molecule has 0 saturated carbocycles. The lowest BCUT2D eigenvalue weighted by molar-refractivity contribution is 0.0827. The van der Waals surface area contributed by atoms with E-state index >= 15 is 0 Å². The monoisotopic (exact) mass is 523 g/mol. The summed E-state index contributed by atoms with van der Waals surface area (Å²) in [7, 11) is 7.68. The van der Waals surface area contributed by atoms with E-state index in [1.165, 1.54) is 5.56 Å². The fourth-order valence-electron chi connectivity index (χ4n) is 2.99. The highest BCUT2D eigenvalue weighted by Gasteiger charge is 2.14. The van der Waals surface area contributed by atoms with Gasteiger partial charge in [-0.15, -0.1) is 24.0 Å². The maximum absolute atomic E-state index is 12.0. The first kappa shape index (κ1) is 25.9. The maximum atomic E-state index is 12.0. The van der Waals surface area contributed by atoms with Crippen LogP contribution >= 0.6 is 24.0 Å². The molecule has 7 heteroatoms. The minimum Gasteiger partial charge on any atom is -0.357 e. The van der Waals surface area contributed by atoms with Crippen molar-refractivity contribution in [2.45, 2.75) is 19.5 Å². The standard InChI is InChI=1S/C23H33N5O.HI/c1-6-24-23(26-17-21(27(2)3)19-10-8-7-9-11-19)25-16-18-12-14-20(15-13-18)22(29)28(4)5;/h7-15,21H,6,16-17H2,1-5H3,(H2,24,25,26);1H. The van der Waals surface area contributed by atoms with Crippen LogP contribution in [0.2, 0.25) is 0 Å². The number of hydrogen-bond donors (Lipinski definition) is 2. The van der Waals surface area contributed by atoms with Gasteiger partial charge >= 0.3 is 0 Å². The first-order chi connectivity index (χ1) is 13.9. The van der Waals surface area contributed by atoms with Gasteiger partial charge in [0.1, 0.15) is 0 Å². The molecule has 1 unspecified atom stereocenters. The lowest BCUT2D eigenvalue weighted by Gasteiger charge is -2.26. The van der Waals surface area contributed by atoms with Gasteiger partial charge in [0.25, 0.3) is 5.91 Å². The van der Waals surface area contributed by atoms with Crippen LogP contribution in [0.5, 0.6) is 0 Å². The zero-order valence-electron chi connectivity index (χ0n) is 18.6. The van der Waals surface area contributed by atoms with E-state index in [1.807, 2.05) is 30.3 Å². The SMILES string of the molecule is CCNC(=NCc1ccc(C(=O)N(C)C)cc1)NCC(c1ccccc1)N(C)C.I. The quantitative estimate of drug-likeness (QED) is 0.317. The largest absolute Gasteiger partial charge is 0.357 e. The number of benzene rings is 2. The van der Waals surface area contributed by atoms with Gasteiger partial charge in [-0.25, -0.2) is 4.99 Å². The molecule has 0 aromatic heterocycles. The first-order valence-electron chi connectivity index (χ1n) is 9.96. The number of hydrogen-bond acceptors (Lipinski definition) is 3. The number of amides is 1. The molecule has 0 aliphatic carbocycles. The van der Waals surface area contributed by atoms with Crippen LogP contribution < -0.4 is 10.6 Å². The third-order valence-electron chi connectivity index (χ3n) is 4.64. The van der Waals surface area contributed by atoms with Gasteiger partial charge in [0.05, 0.1) is 12.6 Å². The highest BCUT2D eigenvalue weighted by molar-refractivity contribution is 14.0. The van der Waals surface area contributed by atoms with Crippen LogP contribution in [0.4, 0.5) is 0 Å². The number of halogens is 1. The average Bonchev–Trinajstić information content (AvgIpc) is 2.72. The van der Waals surface area contributed by atoms with E-state index in [0.29, 0.717) is 12.1 Å². The van der Waals surface area contributed by atoms with Crippen molar-refractivity contribution in [3.63, 3.8) is 0 Å². The lowest BCUT2D eigenvalue weighted by atomic mass is 10.1. The van der Waals surface area contributed by atoms with Gasteiger partial charge in [-0.2, -0.15) is 0 Å². The predicted octanol–water partition coefficient (Wildman–Crippen LogP) is 3.36. The molecule has 0 fully saturated rings. The Morgan fingerprint density at radius 2 is 1.60 bits per heavy atom. The van der Waals surface area contributed by atoms with Gasteiger partial charge in [-0.1, -0.05) is 42.5 Å². The molecular formula is C23H34IN5O. The summed E-state index contributed by atoms with van der Waals surface area (Å²) in [4.78, 5) is 20.5. The van der Waals surface area contributed by atoms with Crippen LogP contribution in [0.1, 0.15) is 34.5 Å². The van der Waals surface area contributed by atoms with Crippen molar-refractivity contribution in [2.24, 2.45) is 4.99 Å². The summed E-state index contributed by atoms with van der Waals surface area (Å²) in [5, 5.41) is 6.75. The molecule has 0 spiro atoms. The molecule has 0 saturated heterocycles. The molecule has 0 heterocycles. The Balaban J connectivity index is 0.00000450. The zero-order valence-corrected chi connectivity index (χ0v) is 20.9. The van der Waals surface area contributed by atoms with Crippen LogP contribution in [0.3, 0.4) is 0 Å². The number of aliphatic imine (C=N–C) groups is 1. The molecule has 2 rings (SSSR count). The zero-order chi connectivity index (χ0) is 21.2. The molecule has 0 aliphatic rings. The molecule has 0 radical (unpaired) electrons. The Morgan fingerprint density at radius 1 is 0.967 bits per heavy atom. The van der Waals surface area contributed by atoms with E-state index in [9.17, 15) is 4.79 Å². The van der Waals surface area contributed by atoms with Gasteiger partial charge in [0.2, 0.25) is 0 Å². The number of guanidine groups is 1. The molecule has 1 amide bonds. The molecule has 2 aromatic rings. The van der Waals surface area contributed by atoms with Crippen molar-refractivity contribution in [3.05, 3.63) is 71.3 Å². The van der Waals surface area contributed by atoms with Gasteiger partial charge in [-0.3, -0.25) is 4.79 Å². The fraction of sp³-hybridized carbons (Fsp3) is 0.391. The van der Waals surface area contributed by atoms with Gasteiger partial charge in [-0.05, 0) is 44.3 Å². The highest BCUT2D eigenvalue weighted by Crippen LogP contribution is 2.16. The molecule has 0 bridgehead atoms. The minimum absolute atomic E-state index is 0. The highest BCUT2D eigenvalue weighted by atomic mass is 127. The Hall–Kier alpha value is -2.13. The van der Waals surface area contributed by atoms with Crippen LogP contribution in [-0.4, -0.2) is 62.9 Å². The summed E-state index contributed by atoms with van der Waals surface area (Å²) >= 11 is 0. The van der Waals surface area contributed by atoms with Crippen molar-refractivity contribution < 1.29 is 4.79 Å². The summed E-state index contributed by atoms with van der Waals surface area (Å²) in [6.45, 7) is 4.14. The van der Waals surface area contributed by atoms with Crippen molar-refractivity contribution in [1.29, 1.82) is 0 Å². The van der Waals surface area contributed by atoms with Crippen LogP contribution in [-0.2, 0) is 6.54 Å². The number of nitrogens with one attached hydrogen (secondary N) is 2. The summed E-state index contributed by atoms with van der Waals surface area (Å²) in [5.41, 5.74) is 3.01. The summed E-state index contributed by atoms with van der Waals surface area (Å²) in [6, 6.07) is 18.3. The summed E-state index contributed by atoms with van der Waals surface area (Å²) < 4.78 is 0. The molecule has 164 valence electrons. The number of carbonyl (C=O) groups is 1. The number of nitrogens with zero attached hydrogens (tertiary/aromatic N) is 3. The molecule has 1 atom stereocenters. The lowest BCUT2D eigenvalue weighted by Crippen LogP contribution is -2.41. The number of likely N-dealkylation sites (N-methyl/N-ethyl adjacent to an activating group) is 1. The van der Waals surface area contributed by atoms with Crippen LogP contribution in [0.15, 0.2) is 59.6 Å². The normalized spacial score (nSPS) is 12.1. The van der Waals surface area contributed by atoms with Crippen LogP contribution in [0.25, 0.3) is 0 Å².